The molecule has 1 aliphatic rings. The van der Waals surface area contributed by atoms with Gasteiger partial charge < -0.3 is 10.5 Å². The molecule has 0 radical (unpaired) electrons. The fourth-order valence-electron chi connectivity index (χ4n) is 3.03. The van der Waals surface area contributed by atoms with Crippen molar-refractivity contribution in [1.82, 2.24) is 0 Å². The van der Waals surface area contributed by atoms with Crippen LogP contribution in [0.4, 0.5) is 0 Å². The van der Waals surface area contributed by atoms with Crippen molar-refractivity contribution in [2.45, 2.75) is 64.5 Å². The third-order valence-electron chi connectivity index (χ3n) is 4.50. The van der Waals surface area contributed by atoms with Crippen molar-refractivity contribution in [2.24, 2.45) is 11.7 Å². The minimum Gasteiger partial charge on any atom is -0.372 e. The lowest BCUT2D eigenvalue weighted by Gasteiger charge is -2.28. The molecule has 1 saturated carbocycles. The molecule has 1 aliphatic carbocycles. The highest BCUT2D eigenvalue weighted by atomic mass is 16.5. The Bertz CT molecular complexity index is 381. The number of hydrogen-bond donors (Lipinski definition) is 1. The Morgan fingerprint density at radius 2 is 1.80 bits per heavy atom. The van der Waals surface area contributed by atoms with Gasteiger partial charge in [-0.3, -0.25) is 0 Å². The zero-order valence-corrected chi connectivity index (χ0v) is 13.0. The van der Waals surface area contributed by atoms with Crippen LogP contribution in [0.15, 0.2) is 24.3 Å². The third-order valence-corrected chi connectivity index (χ3v) is 4.50. The van der Waals surface area contributed by atoms with E-state index < -0.39 is 0 Å². The molecular formula is C18H29NO. The van der Waals surface area contributed by atoms with Crippen LogP contribution in [0, 0.1) is 12.8 Å². The smallest absolute Gasteiger partial charge is 0.0975 e. The van der Waals surface area contributed by atoms with Crippen molar-refractivity contribution in [3.8, 4) is 0 Å². The SMILES string of the molecule is CCC(N)C(OCC1CCCCC1)c1ccc(C)cc1. The maximum Gasteiger partial charge on any atom is 0.0975 e. The third kappa shape index (κ3) is 4.32. The van der Waals surface area contributed by atoms with E-state index in [0.717, 1.165) is 18.9 Å². The van der Waals surface area contributed by atoms with Gasteiger partial charge in [-0.1, -0.05) is 56.0 Å². The maximum atomic E-state index is 6.28. The van der Waals surface area contributed by atoms with E-state index in [1.165, 1.54) is 43.2 Å². The van der Waals surface area contributed by atoms with Gasteiger partial charge in [-0.2, -0.15) is 0 Å². The molecule has 20 heavy (non-hydrogen) atoms. The van der Waals surface area contributed by atoms with Gasteiger partial charge >= 0.3 is 0 Å². The first-order valence-electron chi connectivity index (χ1n) is 8.14. The number of aryl methyl sites for hydroxylation is 1. The van der Waals surface area contributed by atoms with Crippen LogP contribution in [0.3, 0.4) is 0 Å². The fourth-order valence-corrected chi connectivity index (χ4v) is 3.03. The molecule has 2 unspecified atom stereocenters. The molecule has 0 aromatic heterocycles. The van der Waals surface area contributed by atoms with Crippen molar-refractivity contribution in [1.29, 1.82) is 0 Å². The maximum absolute atomic E-state index is 6.28. The summed E-state index contributed by atoms with van der Waals surface area (Å²) < 4.78 is 6.24. The Balaban J connectivity index is 1.97. The summed E-state index contributed by atoms with van der Waals surface area (Å²) in [5.74, 6) is 0.737. The molecule has 0 amide bonds. The van der Waals surface area contributed by atoms with Gasteiger partial charge in [0.1, 0.15) is 0 Å². The normalized spacial score (nSPS) is 19.8. The zero-order chi connectivity index (χ0) is 14.4. The van der Waals surface area contributed by atoms with Gasteiger partial charge in [-0.25, -0.2) is 0 Å². The minimum atomic E-state index is 0.0440. The van der Waals surface area contributed by atoms with Crippen LogP contribution in [-0.2, 0) is 4.74 Å². The van der Waals surface area contributed by atoms with Crippen molar-refractivity contribution in [2.75, 3.05) is 6.61 Å². The molecule has 0 bridgehead atoms. The summed E-state index contributed by atoms with van der Waals surface area (Å²) in [7, 11) is 0. The van der Waals surface area contributed by atoms with E-state index in [0.29, 0.717) is 0 Å². The van der Waals surface area contributed by atoms with Gasteiger partial charge in [0.15, 0.2) is 0 Å². The summed E-state index contributed by atoms with van der Waals surface area (Å²) in [5.41, 5.74) is 8.78. The monoisotopic (exact) mass is 275 g/mol. The number of hydrogen-bond acceptors (Lipinski definition) is 2. The number of nitrogens with two attached hydrogens (primary N) is 1. The van der Waals surface area contributed by atoms with Gasteiger partial charge in [0.2, 0.25) is 0 Å². The molecule has 1 aromatic rings. The molecule has 2 N–H and O–H groups in total. The number of ether oxygens (including phenoxy) is 1. The first kappa shape index (κ1) is 15.5. The van der Waals surface area contributed by atoms with E-state index in [1.807, 2.05) is 0 Å². The molecule has 0 aliphatic heterocycles. The summed E-state index contributed by atoms with van der Waals surface area (Å²) in [4.78, 5) is 0. The van der Waals surface area contributed by atoms with Crippen LogP contribution in [0.2, 0.25) is 0 Å². The van der Waals surface area contributed by atoms with Crippen molar-refractivity contribution < 1.29 is 4.74 Å². The molecule has 1 aromatic carbocycles. The first-order chi connectivity index (χ1) is 9.70. The van der Waals surface area contributed by atoms with Crippen LogP contribution in [-0.4, -0.2) is 12.6 Å². The van der Waals surface area contributed by atoms with E-state index in [4.69, 9.17) is 10.5 Å². The fraction of sp³-hybridized carbons (Fsp3) is 0.667. The Morgan fingerprint density at radius 1 is 1.15 bits per heavy atom. The minimum absolute atomic E-state index is 0.0440. The molecule has 2 atom stereocenters. The lowest BCUT2D eigenvalue weighted by molar-refractivity contribution is 0.00439. The highest BCUT2D eigenvalue weighted by Gasteiger charge is 2.22. The largest absolute Gasteiger partial charge is 0.372 e. The van der Waals surface area contributed by atoms with Crippen molar-refractivity contribution in [3.05, 3.63) is 35.4 Å². The van der Waals surface area contributed by atoms with Crippen LogP contribution in [0.5, 0.6) is 0 Å². The Morgan fingerprint density at radius 3 is 2.40 bits per heavy atom. The predicted molar refractivity (Wildman–Crippen MR) is 84.7 cm³/mol. The highest BCUT2D eigenvalue weighted by molar-refractivity contribution is 5.24. The van der Waals surface area contributed by atoms with Crippen LogP contribution >= 0.6 is 0 Å². The number of benzene rings is 1. The zero-order valence-electron chi connectivity index (χ0n) is 13.0. The van der Waals surface area contributed by atoms with Gasteiger partial charge in [-0.15, -0.1) is 0 Å². The standard InChI is InChI=1S/C18H29NO/c1-3-17(19)18(16-11-9-14(2)10-12-16)20-13-15-7-5-4-6-8-15/h9-12,15,17-18H,3-8,13,19H2,1-2H3. The Labute approximate surface area is 123 Å². The van der Waals surface area contributed by atoms with E-state index >= 15 is 0 Å². The Hall–Kier alpha value is -0.860. The topological polar surface area (TPSA) is 35.2 Å². The molecule has 0 saturated heterocycles. The average molecular weight is 275 g/mol. The van der Waals surface area contributed by atoms with Crippen LogP contribution in [0.1, 0.15) is 62.7 Å². The Kier molecular flexibility index (Phi) is 6.06. The lowest BCUT2D eigenvalue weighted by atomic mass is 9.90. The summed E-state index contributed by atoms with van der Waals surface area (Å²) in [5, 5.41) is 0. The quantitative estimate of drug-likeness (QED) is 0.836. The highest BCUT2D eigenvalue weighted by Crippen LogP contribution is 2.28. The summed E-state index contributed by atoms with van der Waals surface area (Å²) in [6, 6.07) is 8.71. The molecule has 2 rings (SSSR count). The van der Waals surface area contributed by atoms with Crippen LogP contribution < -0.4 is 5.73 Å². The first-order valence-corrected chi connectivity index (χ1v) is 8.14. The summed E-state index contributed by atoms with van der Waals surface area (Å²) >= 11 is 0. The van der Waals surface area contributed by atoms with E-state index in [-0.39, 0.29) is 12.1 Å². The molecule has 1 fully saturated rings. The second-order valence-corrected chi connectivity index (χ2v) is 6.24. The van der Waals surface area contributed by atoms with E-state index in [9.17, 15) is 0 Å². The van der Waals surface area contributed by atoms with E-state index in [1.54, 1.807) is 0 Å². The molecular weight excluding hydrogens is 246 g/mol. The number of rotatable bonds is 6. The van der Waals surface area contributed by atoms with Gasteiger partial charge in [-0.05, 0) is 37.7 Å². The van der Waals surface area contributed by atoms with E-state index in [2.05, 4.69) is 38.1 Å². The second-order valence-electron chi connectivity index (χ2n) is 6.24. The van der Waals surface area contributed by atoms with Crippen LogP contribution in [0.25, 0.3) is 0 Å². The average Bonchev–Trinajstić information content (AvgIpc) is 2.50. The summed E-state index contributed by atoms with van der Waals surface area (Å²) in [6.07, 6.45) is 7.76. The van der Waals surface area contributed by atoms with Crippen molar-refractivity contribution >= 4 is 0 Å². The van der Waals surface area contributed by atoms with Gasteiger partial charge in [0.05, 0.1) is 12.7 Å². The van der Waals surface area contributed by atoms with Gasteiger partial charge in [0.25, 0.3) is 0 Å². The predicted octanol–water partition coefficient (Wildman–Crippen LogP) is 4.37. The lowest BCUT2D eigenvalue weighted by Crippen LogP contribution is -2.31. The molecule has 0 heterocycles. The van der Waals surface area contributed by atoms with Gasteiger partial charge in [0, 0.05) is 6.04 Å². The summed E-state index contributed by atoms with van der Waals surface area (Å²) in [6.45, 7) is 5.11. The van der Waals surface area contributed by atoms with Crippen molar-refractivity contribution in [3.63, 3.8) is 0 Å². The molecule has 112 valence electrons. The molecule has 2 heteroatoms. The molecule has 0 spiro atoms. The second kappa shape index (κ2) is 7.80. The molecule has 2 nitrogen and oxygen atoms in total.